The second kappa shape index (κ2) is 9.59. The molecule has 1 aliphatic carbocycles. The van der Waals surface area contributed by atoms with Gasteiger partial charge in [0.25, 0.3) is 0 Å². The molecule has 1 amide bonds. The van der Waals surface area contributed by atoms with Gasteiger partial charge in [-0.25, -0.2) is 0 Å². The van der Waals surface area contributed by atoms with Crippen LogP contribution in [-0.4, -0.2) is 42.0 Å². The van der Waals surface area contributed by atoms with Crippen LogP contribution in [0.1, 0.15) is 25.1 Å². The maximum absolute atomic E-state index is 12.2. The highest BCUT2D eigenvalue weighted by atomic mass is 16.5. The number of carbonyl (C=O) groups is 1. The van der Waals surface area contributed by atoms with Crippen molar-refractivity contribution in [1.82, 2.24) is 15.2 Å². The van der Waals surface area contributed by atoms with Crippen LogP contribution in [0.4, 0.5) is 0 Å². The summed E-state index contributed by atoms with van der Waals surface area (Å²) in [4.78, 5) is 19.2. The second-order valence-corrected chi connectivity index (χ2v) is 10.1. The zero-order valence-corrected chi connectivity index (χ0v) is 20.0. The van der Waals surface area contributed by atoms with E-state index in [-0.39, 0.29) is 12.3 Å². The van der Waals surface area contributed by atoms with E-state index in [0.717, 1.165) is 53.1 Å². The van der Waals surface area contributed by atoms with Crippen molar-refractivity contribution < 1.29 is 9.53 Å². The van der Waals surface area contributed by atoms with Crippen LogP contribution in [0.25, 0.3) is 11.1 Å². The van der Waals surface area contributed by atoms with Crippen molar-refractivity contribution in [2.75, 3.05) is 26.2 Å². The van der Waals surface area contributed by atoms with Gasteiger partial charge in [-0.05, 0) is 46.6 Å². The van der Waals surface area contributed by atoms with Crippen molar-refractivity contribution >= 4 is 5.91 Å². The topological polar surface area (TPSA) is 54.5 Å². The van der Waals surface area contributed by atoms with Gasteiger partial charge in [0.2, 0.25) is 5.91 Å². The Bertz CT molecular complexity index is 1100. The van der Waals surface area contributed by atoms with Crippen LogP contribution in [0, 0.1) is 17.3 Å². The summed E-state index contributed by atoms with van der Waals surface area (Å²) < 4.78 is 5.98. The number of fused-ring (bicyclic) bond motifs is 1. The van der Waals surface area contributed by atoms with Gasteiger partial charge >= 0.3 is 0 Å². The number of nitrogens with one attached hydrogen (secondary N) is 1. The van der Waals surface area contributed by atoms with Gasteiger partial charge in [0.15, 0.2) is 0 Å². The van der Waals surface area contributed by atoms with E-state index < -0.39 is 0 Å². The molecule has 5 rings (SSSR count). The maximum atomic E-state index is 12.2. The van der Waals surface area contributed by atoms with E-state index in [1.54, 1.807) is 0 Å². The molecule has 1 saturated heterocycles. The predicted molar refractivity (Wildman–Crippen MR) is 134 cm³/mol. The number of ether oxygens (including phenoxy) is 1. The predicted octanol–water partition coefficient (Wildman–Crippen LogP) is 4.57. The molecule has 0 radical (unpaired) electrons. The second-order valence-electron chi connectivity index (χ2n) is 10.1. The number of nitrogens with zero attached hydrogens (tertiary/aromatic N) is 2. The fourth-order valence-electron chi connectivity index (χ4n) is 5.16. The number of piperidine rings is 1. The molecule has 0 bridgehead atoms. The summed E-state index contributed by atoms with van der Waals surface area (Å²) in [6.45, 7) is 9.48. The highest BCUT2D eigenvalue weighted by Crippen LogP contribution is 2.61. The van der Waals surface area contributed by atoms with E-state index >= 15 is 0 Å². The van der Waals surface area contributed by atoms with Crippen LogP contribution in [-0.2, 0) is 17.8 Å². The summed E-state index contributed by atoms with van der Waals surface area (Å²) in [6.07, 6.45) is 2.10. The van der Waals surface area contributed by atoms with Crippen LogP contribution in [0.3, 0.4) is 0 Å². The molecule has 0 spiro atoms. The number of aromatic nitrogens is 1. The van der Waals surface area contributed by atoms with E-state index in [1.165, 1.54) is 13.1 Å². The molecule has 1 aromatic heterocycles. The number of amides is 1. The van der Waals surface area contributed by atoms with E-state index in [1.807, 2.05) is 60.8 Å². The van der Waals surface area contributed by atoms with Crippen LogP contribution in [0.5, 0.6) is 5.75 Å². The van der Waals surface area contributed by atoms with Gasteiger partial charge in [0.05, 0.1) is 6.42 Å². The molecule has 2 fully saturated rings. The van der Waals surface area contributed by atoms with Gasteiger partial charge in [-0.2, -0.15) is 0 Å². The Morgan fingerprint density at radius 2 is 1.71 bits per heavy atom. The third-order valence-electron chi connectivity index (χ3n) is 7.56. The van der Waals surface area contributed by atoms with Crippen LogP contribution >= 0.6 is 0 Å². The Labute approximate surface area is 202 Å². The van der Waals surface area contributed by atoms with Crippen molar-refractivity contribution in [2.45, 2.75) is 26.8 Å². The van der Waals surface area contributed by atoms with Crippen LogP contribution in [0.15, 0.2) is 72.9 Å². The molecule has 1 aliphatic heterocycles. The van der Waals surface area contributed by atoms with E-state index in [0.29, 0.717) is 12.0 Å². The number of hydrogen-bond donors (Lipinski definition) is 1. The summed E-state index contributed by atoms with van der Waals surface area (Å²) in [5.74, 6) is 2.64. The number of hydrogen-bond acceptors (Lipinski definition) is 4. The van der Waals surface area contributed by atoms with Crippen LogP contribution in [0.2, 0.25) is 0 Å². The molecule has 2 unspecified atom stereocenters. The Kier molecular flexibility index (Phi) is 6.38. The van der Waals surface area contributed by atoms with Crippen molar-refractivity contribution in [2.24, 2.45) is 17.3 Å². The molecule has 5 nitrogen and oxygen atoms in total. The molecule has 34 heavy (non-hydrogen) atoms. The third kappa shape index (κ3) is 5.15. The first kappa shape index (κ1) is 22.6. The van der Waals surface area contributed by atoms with Gasteiger partial charge < -0.3 is 10.1 Å². The number of pyridine rings is 1. The summed E-state index contributed by atoms with van der Waals surface area (Å²) in [5.41, 5.74) is 4.52. The van der Waals surface area contributed by atoms with Crippen molar-refractivity contribution in [1.29, 1.82) is 0 Å². The minimum atomic E-state index is -0.0275. The molecule has 2 aromatic carbocycles. The SMILES string of the molecule is CC1(C)C2CN(CCOc3ccc(-c4ccc(CC(=O)NCc5ccccc5)nc4)cc3)CC21. The molecule has 1 saturated carbocycles. The number of carbonyl (C=O) groups excluding carboxylic acids is 1. The number of rotatable bonds is 9. The van der Waals surface area contributed by atoms with E-state index in [2.05, 4.69) is 41.2 Å². The first-order chi connectivity index (χ1) is 16.5. The lowest BCUT2D eigenvalue weighted by atomic mass is 10.1. The zero-order valence-electron chi connectivity index (χ0n) is 20.0. The highest BCUT2D eigenvalue weighted by molar-refractivity contribution is 5.78. The van der Waals surface area contributed by atoms with Crippen LogP contribution < -0.4 is 10.1 Å². The molecule has 3 aromatic rings. The number of benzene rings is 2. The lowest BCUT2D eigenvalue weighted by molar-refractivity contribution is -0.120. The third-order valence-corrected chi connectivity index (χ3v) is 7.56. The van der Waals surface area contributed by atoms with Gasteiger partial charge in [0.1, 0.15) is 12.4 Å². The lowest BCUT2D eigenvalue weighted by Crippen LogP contribution is -2.30. The normalized spacial score (nSPS) is 20.5. The first-order valence-electron chi connectivity index (χ1n) is 12.2. The maximum Gasteiger partial charge on any atom is 0.226 e. The van der Waals surface area contributed by atoms with Gasteiger partial charge in [-0.1, -0.05) is 62.4 Å². The Morgan fingerprint density at radius 1 is 1.00 bits per heavy atom. The average Bonchev–Trinajstić information content (AvgIpc) is 3.16. The minimum absolute atomic E-state index is 0.0275. The fourth-order valence-corrected chi connectivity index (χ4v) is 5.16. The Morgan fingerprint density at radius 3 is 2.38 bits per heavy atom. The van der Waals surface area contributed by atoms with Gasteiger partial charge in [-0.3, -0.25) is 14.7 Å². The minimum Gasteiger partial charge on any atom is -0.492 e. The smallest absolute Gasteiger partial charge is 0.226 e. The monoisotopic (exact) mass is 455 g/mol. The largest absolute Gasteiger partial charge is 0.492 e. The molecule has 2 heterocycles. The summed E-state index contributed by atoms with van der Waals surface area (Å²) in [7, 11) is 0. The molecular weight excluding hydrogens is 422 g/mol. The van der Waals surface area contributed by atoms with Crippen molar-refractivity contribution in [3.63, 3.8) is 0 Å². The summed E-state index contributed by atoms with van der Waals surface area (Å²) >= 11 is 0. The zero-order chi connectivity index (χ0) is 23.5. The molecule has 2 aliphatic rings. The Balaban J connectivity index is 1.06. The van der Waals surface area contributed by atoms with Crippen molar-refractivity contribution in [3.8, 4) is 16.9 Å². The molecular formula is C29H33N3O2. The quantitative estimate of drug-likeness (QED) is 0.513. The standard InChI is InChI=1S/C29H33N3O2/c1-29(2)26-19-32(20-27(26)29)14-15-34-25-12-9-22(10-13-25)23-8-11-24(30-18-23)16-28(33)31-17-21-6-4-3-5-7-21/h3-13,18,26-27H,14-17,19-20H2,1-2H3,(H,31,33). The van der Waals surface area contributed by atoms with E-state index in [9.17, 15) is 4.79 Å². The first-order valence-corrected chi connectivity index (χ1v) is 12.2. The Hall–Kier alpha value is -3.18. The molecule has 176 valence electrons. The summed E-state index contributed by atoms with van der Waals surface area (Å²) in [5, 5.41) is 2.95. The molecule has 2 atom stereocenters. The van der Waals surface area contributed by atoms with Gasteiger partial charge in [0, 0.05) is 43.6 Å². The van der Waals surface area contributed by atoms with E-state index in [4.69, 9.17) is 4.74 Å². The fraction of sp³-hybridized carbons (Fsp3) is 0.379. The van der Waals surface area contributed by atoms with Crippen molar-refractivity contribution in [3.05, 3.63) is 84.2 Å². The number of likely N-dealkylation sites (tertiary alicyclic amines) is 1. The highest BCUT2D eigenvalue weighted by Gasteiger charge is 2.61. The molecule has 1 N–H and O–H groups in total. The van der Waals surface area contributed by atoms with Gasteiger partial charge in [-0.15, -0.1) is 0 Å². The summed E-state index contributed by atoms with van der Waals surface area (Å²) in [6, 6.07) is 22.0. The lowest BCUT2D eigenvalue weighted by Gasteiger charge is -2.21. The average molecular weight is 456 g/mol. The molecule has 5 heteroatoms.